The number of benzene rings is 3. The lowest BCUT2D eigenvalue weighted by Crippen LogP contribution is -1.97. The van der Waals surface area contributed by atoms with Gasteiger partial charge in [0.05, 0.1) is 0 Å². The molecular weight excluding hydrogens is 352 g/mol. The molecule has 3 aromatic rings. The van der Waals surface area contributed by atoms with E-state index < -0.39 is 23.3 Å². The number of halogens is 4. The summed E-state index contributed by atoms with van der Waals surface area (Å²) in [5.41, 5.74) is 3.50. The van der Waals surface area contributed by atoms with Crippen molar-refractivity contribution in [3.63, 3.8) is 0 Å². The number of allylic oxidation sites excluding steroid dienone is 1. The zero-order chi connectivity index (χ0) is 19.1. The predicted molar refractivity (Wildman–Crippen MR) is 99.1 cm³/mol. The molecule has 136 valence electrons. The smallest absolute Gasteiger partial charge is 0.159 e. The van der Waals surface area contributed by atoms with Gasteiger partial charge in [-0.2, -0.15) is 0 Å². The van der Waals surface area contributed by atoms with E-state index in [0.717, 1.165) is 29.7 Å². The molecule has 0 aromatic heterocycles. The highest BCUT2D eigenvalue weighted by Crippen LogP contribution is 2.36. The number of hydrogen-bond donors (Lipinski definition) is 0. The van der Waals surface area contributed by atoms with E-state index in [4.69, 9.17) is 0 Å². The molecule has 3 aromatic carbocycles. The monoisotopic (exact) mass is 368 g/mol. The molecular formula is C23H16F4. The van der Waals surface area contributed by atoms with E-state index in [0.29, 0.717) is 22.3 Å². The van der Waals surface area contributed by atoms with Crippen LogP contribution in [0.15, 0.2) is 48.5 Å². The molecule has 0 unspecified atom stereocenters. The van der Waals surface area contributed by atoms with E-state index in [1.807, 2.05) is 31.2 Å². The van der Waals surface area contributed by atoms with E-state index in [9.17, 15) is 17.6 Å². The minimum absolute atomic E-state index is 0.152. The second-order valence-corrected chi connectivity index (χ2v) is 6.68. The summed E-state index contributed by atoms with van der Waals surface area (Å²) < 4.78 is 56.3. The van der Waals surface area contributed by atoms with Crippen LogP contribution in [-0.4, -0.2) is 0 Å². The van der Waals surface area contributed by atoms with Crippen LogP contribution in [0.5, 0.6) is 0 Å². The van der Waals surface area contributed by atoms with Crippen LogP contribution in [0.4, 0.5) is 17.6 Å². The molecule has 4 rings (SSSR count). The molecule has 27 heavy (non-hydrogen) atoms. The lowest BCUT2D eigenvalue weighted by atomic mass is 9.97. The van der Waals surface area contributed by atoms with Gasteiger partial charge in [0.25, 0.3) is 0 Å². The number of rotatable bonds is 3. The van der Waals surface area contributed by atoms with Crippen molar-refractivity contribution in [3.8, 4) is 11.1 Å². The van der Waals surface area contributed by atoms with Crippen molar-refractivity contribution < 1.29 is 17.6 Å². The molecule has 0 N–H and O–H groups in total. The molecule has 0 spiro atoms. The third-order valence-corrected chi connectivity index (χ3v) is 4.95. The molecule has 0 saturated heterocycles. The summed E-state index contributed by atoms with van der Waals surface area (Å²) in [6.07, 6.45) is 2.55. The summed E-state index contributed by atoms with van der Waals surface area (Å²) >= 11 is 0. The fourth-order valence-corrected chi connectivity index (χ4v) is 3.47. The van der Waals surface area contributed by atoms with Gasteiger partial charge in [0.15, 0.2) is 11.6 Å². The molecule has 0 saturated carbocycles. The summed E-state index contributed by atoms with van der Waals surface area (Å²) in [5.74, 6) is -3.32. The molecule has 0 aliphatic heterocycles. The van der Waals surface area contributed by atoms with Crippen molar-refractivity contribution in [2.75, 3.05) is 0 Å². The lowest BCUT2D eigenvalue weighted by molar-refractivity contribution is 0.507. The largest absolute Gasteiger partial charge is 0.206 e. The molecule has 4 heteroatoms. The Morgan fingerprint density at radius 3 is 2.00 bits per heavy atom. The molecule has 0 amide bonds. The minimum atomic E-state index is -0.974. The van der Waals surface area contributed by atoms with Crippen LogP contribution in [0.2, 0.25) is 0 Å². The summed E-state index contributed by atoms with van der Waals surface area (Å²) in [7, 11) is 0. The first-order valence-corrected chi connectivity index (χ1v) is 8.73. The van der Waals surface area contributed by atoms with Crippen molar-refractivity contribution in [1.82, 2.24) is 0 Å². The third kappa shape index (κ3) is 3.16. The fourth-order valence-electron chi connectivity index (χ4n) is 3.47. The molecule has 0 fully saturated rings. The molecule has 0 nitrogen and oxygen atoms in total. The van der Waals surface area contributed by atoms with Gasteiger partial charge in [0.2, 0.25) is 0 Å². The SMILES string of the molecule is CCc1ccc(-c2cc(F)c(C3=Cc4cc(F)c(F)cc4C3)c(F)c2)cc1. The zero-order valence-electron chi connectivity index (χ0n) is 14.6. The van der Waals surface area contributed by atoms with Crippen LogP contribution < -0.4 is 0 Å². The summed E-state index contributed by atoms with van der Waals surface area (Å²) in [6.45, 7) is 2.04. The van der Waals surface area contributed by atoms with Gasteiger partial charge in [0.1, 0.15) is 11.6 Å². The maximum absolute atomic E-state index is 14.7. The first-order chi connectivity index (χ1) is 13.0. The molecule has 0 radical (unpaired) electrons. The molecule has 0 heterocycles. The Bertz CT molecular complexity index is 1040. The first kappa shape index (κ1) is 17.5. The van der Waals surface area contributed by atoms with Crippen LogP contribution in [0.1, 0.15) is 29.2 Å². The minimum Gasteiger partial charge on any atom is -0.206 e. The Morgan fingerprint density at radius 2 is 1.37 bits per heavy atom. The average molecular weight is 368 g/mol. The first-order valence-electron chi connectivity index (χ1n) is 8.73. The van der Waals surface area contributed by atoms with Gasteiger partial charge in [-0.25, -0.2) is 17.6 Å². The van der Waals surface area contributed by atoms with E-state index in [2.05, 4.69) is 0 Å². The Labute approximate surface area is 154 Å². The fraction of sp³-hybridized carbons (Fsp3) is 0.130. The van der Waals surface area contributed by atoms with Gasteiger partial charge in [-0.15, -0.1) is 0 Å². The highest BCUT2D eigenvalue weighted by Gasteiger charge is 2.22. The quantitative estimate of drug-likeness (QED) is 0.459. The second-order valence-electron chi connectivity index (χ2n) is 6.68. The number of hydrogen-bond acceptors (Lipinski definition) is 0. The Hall–Kier alpha value is -2.88. The van der Waals surface area contributed by atoms with Crippen molar-refractivity contribution in [2.45, 2.75) is 19.8 Å². The molecule has 1 aliphatic carbocycles. The van der Waals surface area contributed by atoms with Crippen LogP contribution in [0.3, 0.4) is 0 Å². The molecule has 0 bridgehead atoms. The topological polar surface area (TPSA) is 0 Å². The Morgan fingerprint density at radius 1 is 0.741 bits per heavy atom. The average Bonchev–Trinajstić information content (AvgIpc) is 3.03. The van der Waals surface area contributed by atoms with Crippen LogP contribution >= 0.6 is 0 Å². The van der Waals surface area contributed by atoms with E-state index >= 15 is 0 Å². The van der Waals surface area contributed by atoms with Crippen molar-refractivity contribution >= 4 is 11.6 Å². The van der Waals surface area contributed by atoms with Gasteiger partial charge in [0, 0.05) is 5.56 Å². The van der Waals surface area contributed by atoms with Crippen molar-refractivity contribution in [1.29, 1.82) is 0 Å². The van der Waals surface area contributed by atoms with Crippen molar-refractivity contribution in [3.05, 3.63) is 94.1 Å². The lowest BCUT2D eigenvalue weighted by Gasteiger charge is -2.10. The van der Waals surface area contributed by atoms with E-state index in [-0.39, 0.29) is 12.0 Å². The Kier molecular flexibility index (Phi) is 4.34. The van der Waals surface area contributed by atoms with Gasteiger partial charge in [-0.1, -0.05) is 37.3 Å². The zero-order valence-corrected chi connectivity index (χ0v) is 14.6. The maximum atomic E-state index is 14.7. The van der Waals surface area contributed by atoms with Crippen molar-refractivity contribution in [2.24, 2.45) is 0 Å². The standard InChI is InChI=1S/C23H16F4/c1-2-13-3-5-14(6-4-13)17-11-21(26)23(22(27)12-17)18-7-15-9-19(24)20(25)10-16(15)8-18/h3-7,9-12H,2,8H2,1H3. The third-order valence-electron chi connectivity index (χ3n) is 4.95. The van der Waals surface area contributed by atoms with Crippen LogP contribution in [0, 0.1) is 23.3 Å². The maximum Gasteiger partial charge on any atom is 0.159 e. The van der Waals surface area contributed by atoms with E-state index in [1.165, 1.54) is 18.2 Å². The van der Waals surface area contributed by atoms with Crippen LogP contribution in [-0.2, 0) is 12.8 Å². The molecule has 1 aliphatic rings. The highest BCUT2D eigenvalue weighted by atomic mass is 19.2. The van der Waals surface area contributed by atoms with Gasteiger partial charge < -0.3 is 0 Å². The number of fused-ring (bicyclic) bond motifs is 1. The van der Waals surface area contributed by atoms with E-state index in [1.54, 1.807) is 0 Å². The summed E-state index contributed by atoms with van der Waals surface area (Å²) in [6, 6.07) is 12.3. The highest BCUT2D eigenvalue weighted by molar-refractivity contribution is 5.89. The van der Waals surface area contributed by atoms with Gasteiger partial charge in [-0.05, 0) is 70.5 Å². The van der Waals surface area contributed by atoms with Gasteiger partial charge >= 0.3 is 0 Å². The summed E-state index contributed by atoms with van der Waals surface area (Å²) in [5, 5.41) is 0. The van der Waals surface area contributed by atoms with Gasteiger partial charge in [-0.3, -0.25) is 0 Å². The molecule has 0 atom stereocenters. The normalized spacial score (nSPS) is 12.9. The second kappa shape index (κ2) is 6.69. The predicted octanol–water partition coefficient (Wildman–Crippen LogP) is 6.57. The Balaban J connectivity index is 1.72. The summed E-state index contributed by atoms with van der Waals surface area (Å²) in [4.78, 5) is 0. The van der Waals surface area contributed by atoms with Crippen LogP contribution in [0.25, 0.3) is 22.8 Å². The number of aryl methyl sites for hydroxylation is 1.